The Morgan fingerprint density at radius 3 is 2.28 bits per heavy atom. The van der Waals surface area contributed by atoms with Crippen LogP contribution in [0.4, 0.5) is 10.1 Å². The minimum atomic E-state index is -3.71. The molecule has 0 radical (unpaired) electrons. The molecule has 3 aromatic carbocycles. The van der Waals surface area contributed by atoms with Crippen LogP contribution in [0.25, 0.3) is 0 Å². The van der Waals surface area contributed by atoms with Crippen LogP contribution in [0.15, 0.2) is 72.8 Å². The van der Waals surface area contributed by atoms with Crippen LogP contribution >= 0.6 is 0 Å². The lowest BCUT2D eigenvalue weighted by molar-refractivity contribution is -0.488. The van der Waals surface area contributed by atoms with Crippen molar-refractivity contribution in [1.82, 2.24) is 5.32 Å². The third-order valence-corrected chi connectivity index (χ3v) is 7.47. The molecular formula is C28H33FN3O6S+. The van der Waals surface area contributed by atoms with Gasteiger partial charge in [-0.15, -0.1) is 0 Å². The van der Waals surface area contributed by atoms with Crippen LogP contribution in [0.3, 0.4) is 0 Å². The summed E-state index contributed by atoms with van der Waals surface area (Å²) in [4.78, 5) is 26.2. The van der Waals surface area contributed by atoms with Crippen molar-refractivity contribution in [3.63, 3.8) is 0 Å². The lowest BCUT2D eigenvalue weighted by Gasteiger charge is -2.24. The summed E-state index contributed by atoms with van der Waals surface area (Å²) in [6.45, 7) is 1.15. The molecule has 208 valence electrons. The molecule has 3 aromatic rings. The van der Waals surface area contributed by atoms with Crippen molar-refractivity contribution in [1.29, 1.82) is 0 Å². The smallest absolute Gasteiger partial charge is 0.338 e. The molecule has 0 aliphatic heterocycles. The normalized spacial score (nSPS) is 13.7. The number of hydrogen-bond donors (Lipinski definition) is 3. The van der Waals surface area contributed by atoms with E-state index in [1.54, 1.807) is 19.1 Å². The van der Waals surface area contributed by atoms with Gasteiger partial charge in [0.15, 0.2) is 5.54 Å². The number of halogens is 1. The number of anilines is 1. The van der Waals surface area contributed by atoms with Crippen molar-refractivity contribution < 1.29 is 38.0 Å². The van der Waals surface area contributed by atoms with Crippen LogP contribution in [-0.4, -0.2) is 57.5 Å². The highest BCUT2D eigenvalue weighted by atomic mass is 32.2. The number of nitrogens with zero attached hydrogens (tertiary/aromatic N) is 1. The monoisotopic (exact) mass is 558 g/mol. The summed E-state index contributed by atoms with van der Waals surface area (Å²) in [5.41, 5.74) is 4.64. The Hall–Kier alpha value is -3.80. The Kier molecular flexibility index (Phi) is 9.44. The van der Waals surface area contributed by atoms with Gasteiger partial charge in [0, 0.05) is 19.0 Å². The van der Waals surface area contributed by atoms with Gasteiger partial charge in [-0.3, -0.25) is 9.10 Å². The molecule has 5 N–H and O–H groups in total. The predicted octanol–water partition coefficient (Wildman–Crippen LogP) is 2.09. The molecule has 39 heavy (non-hydrogen) atoms. The first-order chi connectivity index (χ1) is 18.3. The zero-order valence-electron chi connectivity index (χ0n) is 22.1. The minimum absolute atomic E-state index is 0.0243. The topological polar surface area (TPSA) is 141 Å². The lowest BCUT2D eigenvalue weighted by atomic mass is 9.93. The number of quaternary nitrogens is 1. The Labute approximate surface area is 227 Å². The van der Waals surface area contributed by atoms with Crippen LogP contribution in [0.1, 0.15) is 44.8 Å². The highest BCUT2D eigenvalue weighted by Gasteiger charge is 2.31. The van der Waals surface area contributed by atoms with E-state index in [1.807, 2.05) is 30.3 Å². The molecule has 0 spiro atoms. The summed E-state index contributed by atoms with van der Waals surface area (Å²) in [7, 11) is -2.41. The van der Waals surface area contributed by atoms with E-state index < -0.39 is 39.3 Å². The number of nitrogens with one attached hydrogen (secondary N) is 1. The molecule has 3 rings (SSSR count). The largest absolute Gasteiger partial charge is 0.455 e. The Balaban J connectivity index is 1.85. The van der Waals surface area contributed by atoms with Crippen molar-refractivity contribution in [2.24, 2.45) is 0 Å². The van der Waals surface area contributed by atoms with Gasteiger partial charge >= 0.3 is 5.97 Å². The fraction of sp³-hybridized carbons (Fsp3) is 0.286. The van der Waals surface area contributed by atoms with Crippen molar-refractivity contribution >= 4 is 27.6 Å². The molecule has 0 bridgehead atoms. The molecule has 1 amide bonds. The second-order valence-electron chi connectivity index (χ2n) is 9.64. The van der Waals surface area contributed by atoms with Gasteiger partial charge in [-0.05, 0) is 48.4 Å². The SMILES string of the molecule is C[C@H](NC(=O)c1cc(C(=O)OCC([NH3+])(CO)Cc2ccccc2)cc(N(C)S(C)(=O)=O)c1)c1ccc(F)cc1. The lowest BCUT2D eigenvalue weighted by Crippen LogP contribution is -2.78. The van der Waals surface area contributed by atoms with Gasteiger partial charge in [0.1, 0.15) is 19.0 Å². The van der Waals surface area contributed by atoms with E-state index in [1.165, 1.54) is 37.4 Å². The maximum atomic E-state index is 13.3. The molecule has 9 nitrogen and oxygen atoms in total. The fourth-order valence-corrected chi connectivity index (χ4v) is 4.32. The first-order valence-corrected chi connectivity index (χ1v) is 14.0. The van der Waals surface area contributed by atoms with Crippen molar-refractivity contribution in [2.75, 3.05) is 30.8 Å². The first kappa shape index (κ1) is 29.8. The molecular weight excluding hydrogens is 525 g/mol. The number of rotatable bonds is 11. The molecule has 0 saturated heterocycles. The van der Waals surface area contributed by atoms with Gasteiger partial charge in [0.2, 0.25) is 10.0 Å². The number of hydrogen-bond acceptors (Lipinski definition) is 6. The zero-order valence-corrected chi connectivity index (χ0v) is 22.9. The van der Waals surface area contributed by atoms with Crippen LogP contribution < -0.4 is 15.4 Å². The first-order valence-electron chi connectivity index (χ1n) is 12.1. The molecule has 1 unspecified atom stereocenters. The van der Waals surface area contributed by atoms with Gasteiger partial charge in [-0.1, -0.05) is 42.5 Å². The number of ether oxygens (including phenoxy) is 1. The average molecular weight is 559 g/mol. The zero-order chi connectivity index (χ0) is 28.8. The highest BCUT2D eigenvalue weighted by molar-refractivity contribution is 7.92. The Bertz CT molecular complexity index is 1420. The van der Waals surface area contributed by atoms with E-state index in [0.29, 0.717) is 12.0 Å². The van der Waals surface area contributed by atoms with Gasteiger partial charge in [-0.2, -0.15) is 0 Å². The van der Waals surface area contributed by atoms with Crippen molar-refractivity contribution in [2.45, 2.75) is 24.9 Å². The number of aliphatic hydroxyl groups excluding tert-OH is 1. The maximum absolute atomic E-state index is 13.3. The number of carbonyl (C=O) groups is 2. The van der Waals surface area contributed by atoms with Gasteiger partial charge < -0.3 is 20.9 Å². The summed E-state index contributed by atoms with van der Waals surface area (Å²) in [5, 5.41) is 12.7. The number of sulfonamides is 1. The molecule has 2 atom stereocenters. The quantitative estimate of drug-likeness (QED) is 0.308. The average Bonchev–Trinajstić information content (AvgIpc) is 2.91. The Morgan fingerprint density at radius 1 is 1.08 bits per heavy atom. The van der Waals surface area contributed by atoms with Crippen molar-refractivity contribution in [3.05, 3.63) is 101 Å². The molecule has 0 aliphatic carbocycles. The standard InChI is InChI=1S/C28H32FN3O6S/c1-19(21-9-11-24(29)12-10-21)31-26(34)22-13-23(15-25(14-22)32(2)39(3,36)37)27(35)38-18-28(30,17-33)16-20-7-5-4-6-8-20/h4-15,19,33H,16-18,30H2,1-3H3,(H,31,34)/p+1/t19-,28?/m0/s1. The molecule has 11 heteroatoms. The van der Waals surface area contributed by atoms with Gasteiger partial charge in [-0.25, -0.2) is 17.6 Å². The third-order valence-electron chi connectivity index (χ3n) is 6.26. The van der Waals surface area contributed by atoms with Crippen LogP contribution in [0, 0.1) is 5.82 Å². The molecule has 0 aromatic heterocycles. The summed E-state index contributed by atoms with van der Waals surface area (Å²) in [5.74, 6) is -1.79. The van der Waals surface area contributed by atoms with Crippen LogP contribution in [0.2, 0.25) is 0 Å². The van der Waals surface area contributed by atoms with E-state index >= 15 is 0 Å². The summed E-state index contributed by atoms with van der Waals surface area (Å²) >= 11 is 0. The van der Waals surface area contributed by atoms with Gasteiger partial charge in [0.25, 0.3) is 5.91 Å². The van der Waals surface area contributed by atoms with E-state index in [2.05, 4.69) is 11.1 Å². The third kappa shape index (κ3) is 8.09. The highest BCUT2D eigenvalue weighted by Crippen LogP contribution is 2.23. The van der Waals surface area contributed by atoms with E-state index in [9.17, 15) is 27.5 Å². The second-order valence-corrected chi connectivity index (χ2v) is 11.7. The summed E-state index contributed by atoms with van der Waals surface area (Å²) < 4.78 is 44.1. The van der Waals surface area contributed by atoms with Crippen LogP contribution in [0.5, 0.6) is 0 Å². The van der Waals surface area contributed by atoms with Crippen molar-refractivity contribution in [3.8, 4) is 0 Å². The number of amides is 1. The molecule has 0 fully saturated rings. The Morgan fingerprint density at radius 2 is 1.69 bits per heavy atom. The van der Waals surface area contributed by atoms with E-state index in [-0.39, 0.29) is 30.0 Å². The number of esters is 1. The van der Waals surface area contributed by atoms with Crippen LogP contribution in [-0.2, 0) is 21.2 Å². The fourth-order valence-electron chi connectivity index (χ4n) is 3.83. The number of aliphatic hydroxyl groups is 1. The van der Waals surface area contributed by atoms with E-state index in [0.717, 1.165) is 16.1 Å². The number of carbonyl (C=O) groups excluding carboxylic acids is 2. The number of benzene rings is 3. The molecule has 0 heterocycles. The molecule has 0 aliphatic rings. The summed E-state index contributed by atoms with van der Waals surface area (Å²) in [6.07, 6.45) is 1.35. The second kappa shape index (κ2) is 12.4. The molecule has 0 saturated carbocycles. The minimum Gasteiger partial charge on any atom is -0.455 e. The van der Waals surface area contributed by atoms with Gasteiger partial charge in [0.05, 0.1) is 23.5 Å². The van der Waals surface area contributed by atoms with E-state index in [4.69, 9.17) is 4.74 Å². The summed E-state index contributed by atoms with van der Waals surface area (Å²) in [6, 6.07) is 18.4. The predicted molar refractivity (Wildman–Crippen MR) is 145 cm³/mol. The maximum Gasteiger partial charge on any atom is 0.338 e.